The Morgan fingerprint density at radius 3 is 3.14 bits per heavy atom. The first-order chi connectivity index (χ1) is 6.83. The molecule has 0 atom stereocenters. The van der Waals surface area contributed by atoms with Gasteiger partial charge in [-0.2, -0.15) is 0 Å². The van der Waals surface area contributed by atoms with Crippen molar-refractivity contribution in [2.24, 2.45) is 5.73 Å². The molecule has 0 aromatic carbocycles. The van der Waals surface area contributed by atoms with Crippen LogP contribution < -0.4 is 10.6 Å². The maximum atomic E-state index is 5.50. The Hall–Kier alpha value is -1.20. The molecule has 2 heterocycles. The van der Waals surface area contributed by atoms with Crippen LogP contribution >= 0.6 is 0 Å². The van der Waals surface area contributed by atoms with Gasteiger partial charge in [0.15, 0.2) is 0 Å². The van der Waals surface area contributed by atoms with E-state index in [1.165, 1.54) is 0 Å². The van der Waals surface area contributed by atoms with Crippen LogP contribution in [0.3, 0.4) is 0 Å². The first-order valence-corrected chi connectivity index (χ1v) is 4.64. The molecular weight excluding hydrogens is 180 g/mol. The summed E-state index contributed by atoms with van der Waals surface area (Å²) in [5.74, 6) is 0.943. The van der Waals surface area contributed by atoms with E-state index >= 15 is 0 Å². The average Bonchev–Trinajstić information content (AvgIpc) is 2.65. The topological polar surface area (TPSA) is 64.3 Å². The van der Waals surface area contributed by atoms with Gasteiger partial charge in [0.25, 0.3) is 0 Å². The fourth-order valence-electron chi connectivity index (χ4n) is 1.59. The second-order valence-electron chi connectivity index (χ2n) is 3.33. The van der Waals surface area contributed by atoms with Gasteiger partial charge in [0.1, 0.15) is 12.1 Å². The zero-order valence-electron chi connectivity index (χ0n) is 8.23. The molecule has 14 heavy (non-hydrogen) atoms. The molecule has 1 aromatic heterocycles. The first-order valence-electron chi connectivity index (χ1n) is 4.64. The number of fused-ring (bicyclic) bond motifs is 1. The maximum Gasteiger partial charge on any atom is 0.137 e. The van der Waals surface area contributed by atoms with E-state index in [2.05, 4.69) is 9.97 Å². The van der Waals surface area contributed by atoms with Gasteiger partial charge in [0, 0.05) is 25.7 Å². The molecule has 5 nitrogen and oxygen atoms in total. The number of rotatable bonds is 3. The number of hydrogen-bond donors (Lipinski definition) is 1. The molecule has 1 aliphatic heterocycles. The zero-order chi connectivity index (χ0) is 9.97. The Morgan fingerprint density at radius 1 is 1.50 bits per heavy atom. The predicted octanol–water partition coefficient (Wildman–Crippen LogP) is -0.0983. The molecule has 0 unspecified atom stereocenters. The van der Waals surface area contributed by atoms with E-state index in [9.17, 15) is 0 Å². The number of ether oxygens (including phenoxy) is 1. The van der Waals surface area contributed by atoms with Gasteiger partial charge in [-0.05, 0) is 0 Å². The van der Waals surface area contributed by atoms with Crippen molar-refractivity contribution in [3.63, 3.8) is 0 Å². The number of anilines is 1. The van der Waals surface area contributed by atoms with E-state index in [1.807, 2.05) is 11.9 Å². The molecule has 76 valence electrons. The van der Waals surface area contributed by atoms with Crippen LogP contribution in [0, 0.1) is 0 Å². The van der Waals surface area contributed by atoms with Gasteiger partial charge in [0.2, 0.25) is 0 Å². The van der Waals surface area contributed by atoms with Crippen LogP contribution in [0.5, 0.6) is 0 Å². The van der Waals surface area contributed by atoms with Gasteiger partial charge in [-0.1, -0.05) is 0 Å². The SMILES string of the molecule is CN(CCN)c1ncnc2c1COC2. The highest BCUT2D eigenvalue weighted by atomic mass is 16.5. The van der Waals surface area contributed by atoms with Crippen LogP contribution in [0.2, 0.25) is 0 Å². The lowest BCUT2D eigenvalue weighted by atomic mass is 10.2. The Balaban J connectivity index is 2.29. The molecule has 0 fully saturated rings. The Morgan fingerprint density at radius 2 is 2.36 bits per heavy atom. The summed E-state index contributed by atoms with van der Waals surface area (Å²) in [6, 6.07) is 0. The largest absolute Gasteiger partial charge is 0.370 e. The van der Waals surface area contributed by atoms with Crippen molar-refractivity contribution in [1.29, 1.82) is 0 Å². The van der Waals surface area contributed by atoms with Gasteiger partial charge in [-0.3, -0.25) is 0 Å². The highest BCUT2D eigenvalue weighted by Crippen LogP contribution is 2.25. The fourth-order valence-corrected chi connectivity index (χ4v) is 1.59. The van der Waals surface area contributed by atoms with Crippen LogP contribution in [0.4, 0.5) is 5.82 Å². The summed E-state index contributed by atoms with van der Waals surface area (Å²) in [6.45, 7) is 2.63. The monoisotopic (exact) mass is 194 g/mol. The fraction of sp³-hybridized carbons (Fsp3) is 0.556. The zero-order valence-corrected chi connectivity index (χ0v) is 8.23. The minimum atomic E-state index is 0.599. The predicted molar refractivity (Wildman–Crippen MR) is 52.8 cm³/mol. The van der Waals surface area contributed by atoms with Gasteiger partial charge in [-0.25, -0.2) is 9.97 Å². The van der Waals surface area contributed by atoms with Gasteiger partial charge in [0.05, 0.1) is 18.9 Å². The Kier molecular flexibility index (Phi) is 2.60. The highest BCUT2D eigenvalue weighted by Gasteiger charge is 2.19. The normalized spacial score (nSPS) is 14.1. The number of nitrogens with two attached hydrogens (primary N) is 1. The number of hydrogen-bond acceptors (Lipinski definition) is 5. The summed E-state index contributed by atoms with van der Waals surface area (Å²) in [5.41, 5.74) is 7.60. The Bertz CT molecular complexity index is 329. The lowest BCUT2D eigenvalue weighted by molar-refractivity contribution is 0.133. The first kappa shape index (κ1) is 9.36. The second kappa shape index (κ2) is 3.89. The van der Waals surface area contributed by atoms with Crippen LogP contribution in [0.1, 0.15) is 11.3 Å². The molecule has 0 bridgehead atoms. The van der Waals surface area contributed by atoms with Crippen LogP contribution in [0.25, 0.3) is 0 Å². The average molecular weight is 194 g/mol. The van der Waals surface area contributed by atoms with Crippen LogP contribution in [-0.4, -0.2) is 30.1 Å². The molecule has 0 saturated heterocycles. The summed E-state index contributed by atoms with van der Waals surface area (Å²) < 4.78 is 5.32. The van der Waals surface area contributed by atoms with Crippen molar-refractivity contribution in [3.8, 4) is 0 Å². The van der Waals surface area contributed by atoms with Crippen molar-refractivity contribution >= 4 is 5.82 Å². The summed E-state index contributed by atoms with van der Waals surface area (Å²) in [4.78, 5) is 10.5. The Labute approximate surface area is 82.9 Å². The summed E-state index contributed by atoms with van der Waals surface area (Å²) in [6.07, 6.45) is 1.58. The lowest BCUT2D eigenvalue weighted by Crippen LogP contribution is -2.26. The highest BCUT2D eigenvalue weighted by molar-refractivity contribution is 5.48. The molecule has 0 amide bonds. The van der Waals surface area contributed by atoms with E-state index in [0.29, 0.717) is 19.8 Å². The van der Waals surface area contributed by atoms with E-state index in [-0.39, 0.29) is 0 Å². The molecule has 2 rings (SSSR count). The van der Waals surface area contributed by atoms with E-state index in [1.54, 1.807) is 6.33 Å². The van der Waals surface area contributed by atoms with Crippen LogP contribution in [0.15, 0.2) is 6.33 Å². The summed E-state index contributed by atoms with van der Waals surface area (Å²) in [5, 5.41) is 0. The maximum absolute atomic E-state index is 5.50. The number of likely N-dealkylation sites (N-methyl/N-ethyl adjacent to an activating group) is 1. The van der Waals surface area contributed by atoms with Crippen molar-refractivity contribution in [3.05, 3.63) is 17.6 Å². The van der Waals surface area contributed by atoms with Crippen molar-refractivity contribution in [2.75, 3.05) is 25.0 Å². The molecule has 5 heteroatoms. The summed E-state index contributed by atoms with van der Waals surface area (Å²) >= 11 is 0. The molecule has 0 spiro atoms. The molecule has 1 aliphatic rings. The molecule has 0 aliphatic carbocycles. The minimum absolute atomic E-state index is 0.599. The third kappa shape index (κ3) is 1.56. The van der Waals surface area contributed by atoms with Gasteiger partial charge in [-0.15, -0.1) is 0 Å². The molecular formula is C9H14N4O. The standard InChI is InChI=1S/C9H14N4O/c1-13(3-2-10)9-7-4-14-5-8(7)11-6-12-9/h6H,2-5,10H2,1H3. The van der Waals surface area contributed by atoms with Crippen molar-refractivity contribution < 1.29 is 4.74 Å². The van der Waals surface area contributed by atoms with Crippen LogP contribution in [-0.2, 0) is 18.0 Å². The van der Waals surface area contributed by atoms with E-state index < -0.39 is 0 Å². The second-order valence-corrected chi connectivity index (χ2v) is 3.33. The summed E-state index contributed by atoms with van der Waals surface area (Å²) in [7, 11) is 1.98. The third-order valence-corrected chi connectivity index (χ3v) is 2.32. The molecule has 0 radical (unpaired) electrons. The lowest BCUT2D eigenvalue weighted by Gasteiger charge is -2.18. The number of aromatic nitrogens is 2. The number of nitrogens with zero attached hydrogens (tertiary/aromatic N) is 3. The molecule has 1 aromatic rings. The van der Waals surface area contributed by atoms with Gasteiger partial charge >= 0.3 is 0 Å². The van der Waals surface area contributed by atoms with Crippen molar-refractivity contribution in [2.45, 2.75) is 13.2 Å². The minimum Gasteiger partial charge on any atom is -0.370 e. The smallest absolute Gasteiger partial charge is 0.137 e. The third-order valence-electron chi connectivity index (χ3n) is 2.32. The van der Waals surface area contributed by atoms with E-state index in [0.717, 1.165) is 23.6 Å². The quantitative estimate of drug-likeness (QED) is 0.728. The molecule has 0 saturated carbocycles. The van der Waals surface area contributed by atoms with Gasteiger partial charge < -0.3 is 15.4 Å². The van der Waals surface area contributed by atoms with Crippen molar-refractivity contribution in [1.82, 2.24) is 9.97 Å². The molecule has 2 N–H and O–H groups in total. The van der Waals surface area contributed by atoms with E-state index in [4.69, 9.17) is 10.5 Å².